The Morgan fingerprint density at radius 1 is 1.03 bits per heavy atom. The molecule has 0 aliphatic carbocycles. The minimum absolute atomic E-state index is 0.105. The highest BCUT2D eigenvalue weighted by molar-refractivity contribution is 6.35. The molecule has 1 N–H and O–H groups in total. The zero-order valence-corrected chi connectivity index (χ0v) is 18.8. The van der Waals surface area contributed by atoms with Crippen molar-refractivity contribution in [3.63, 3.8) is 0 Å². The minimum atomic E-state index is -0.217. The summed E-state index contributed by atoms with van der Waals surface area (Å²) in [7, 11) is 0. The Bertz CT molecular complexity index is 1290. The van der Waals surface area contributed by atoms with Gasteiger partial charge in [0.25, 0.3) is 5.91 Å². The second-order valence-electron chi connectivity index (χ2n) is 7.98. The number of aromatic nitrogens is 2. The molecular weight excluding hydrogens is 436 g/mol. The van der Waals surface area contributed by atoms with Gasteiger partial charge in [0.1, 0.15) is 17.1 Å². The fourth-order valence-electron chi connectivity index (χ4n) is 4.02. The summed E-state index contributed by atoms with van der Waals surface area (Å²) in [6, 6.07) is 19.7. The number of nitrogens with zero attached hydrogens (tertiary/aromatic N) is 3. The number of pyridine rings is 2. The fraction of sp³-hybridized carbons (Fsp3) is 0.192. The zero-order chi connectivity index (χ0) is 22.6. The number of carbonyl (C=O) groups excluding carboxylic acids is 1. The van der Waals surface area contributed by atoms with Crippen molar-refractivity contribution in [3.8, 4) is 5.75 Å². The van der Waals surface area contributed by atoms with Crippen LogP contribution in [-0.2, 0) is 24.3 Å². The van der Waals surface area contributed by atoms with Crippen molar-refractivity contribution in [1.29, 1.82) is 0 Å². The lowest BCUT2D eigenvalue weighted by Crippen LogP contribution is -2.31. The van der Waals surface area contributed by atoms with Crippen LogP contribution in [0.15, 0.2) is 73.1 Å². The number of anilines is 1. The minimum Gasteiger partial charge on any atom is -0.481 e. The summed E-state index contributed by atoms with van der Waals surface area (Å²) >= 11 is 6.21. The predicted molar refractivity (Wildman–Crippen MR) is 130 cm³/mol. The molecule has 0 saturated carbocycles. The molecule has 3 heterocycles. The molecule has 0 spiro atoms. The van der Waals surface area contributed by atoms with Crippen LogP contribution in [0.4, 0.5) is 5.82 Å². The zero-order valence-electron chi connectivity index (χ0n) is 18.0. The van der Waals surface area contributed by atoms with E-state index in [-0.39, 0.29) is 12.5 Å². The number of benzene rings is 2. The van der Waals surface area contributed by atoms with E-state index in [0.717, 1.165) is 36.3 Å². The van der Waals surface area contributed by atoms with E-state index in [1.165, 1.54) is 11.1 Å². The Morgan fingerprint density at radius 2 is 1.91 bits per heavy atom. The summed E-state index contributed by atoms with van der Waals surface area (Å²) in [5.41, 5.74) is 4.34. The first-order valence-electron chi connectivity index (χ1n) is 10.9. The highest BCUT2D eigenvalue weighted by Crippen LogP contribution is 2.29. The predicted octanol–water partition coefficient (Wildman–Crippen LogP) is 4.54. The molecule has 6 nitrogen and oxygen atoms in total. The molecule has 0 radical (unpaired) electrons. The number of carbonyl (C=O) groups is 1. The van der Waals surface area contributed by atoms with Gasteiger partial charge < -0.3 is 15.0 Å². The number of rotatable bonds is 6. The summed E-state index contributed by atoms with van der Waals surface area (Å²) in [4.78, 5) is 23.5. The van der Waals surface area contributed by atoms with Crippen molar-refractivity contribution >= 4 is 34.2 Å². The molecule has 33 heavy (non-hydrogen) atoms. The van der Waals surface area contributed by atoms with Crippen molar-refractivity contribution < 1.29 is 9.53 Å². The van der Waals surface area contributed by atoms with Gasteiger partial charge in [-0.05, 0) is 53.4 Å². The van der Waals surface area contributed by atoms with Crippen molar-refractivity contribution in [2.75, 3.05) is 18.1 Å². The second kappa shape index (κ2) is 9.46. The van der Waals surface area contributed by atoms with Crippen LogP contribution in [0.3, 0.4) is 0 Å². The van der Waals surface area contributed by atoms with Crippen LogP contribution >= 0.6 is 11.6 Å². The van der Waals surface area contributed by atoms with Crippen molar-refractivity contribution in [2.45, 2.75) is 19.5 Å². The Kier molecular flexibility index (Phi) is 6.09. The molecule has 1 aliphatic heterocycles. The molecule has 5 rings (SSSR count). The van der Waals surface area contributed by atoms with Crippen LogP contribution in [0.25, 0.3) is 10.9 Å². The van der Waals surface area contributed by atoms with Gasteiger partial charge in [-0.2, -0.15) is 0 Å². The monoisotopic (exact) mass is 458 g/mol. The van der Waals surface area contributed by atoms with Crippen LogP contribution < -0.4 is 15.0 Å². The molecule has 4 aromatic rings. The molecule has 1 aliphatic rings. The number of halogens is 1. The lowest BCUT2D eigenvalue weighted by Gasteiger charge is -2.29. The van der Waals surface area contributed by atoms with Crippen molar-refractivity contribution in [2.24, 2.45) is 0 Å². The Hall–Kier alpha value is -3.64. The topological polar surface area (TPSA) is 67.3 Å². The van der Waals surface area contributed by atoms with E-state index in [4.69, 9.17) is 16.3 Å². The highest BCUT2D eigenvalue weighted by Gasteiger charge is 2.17. The van der Waals surface area contributed by atoms with Crippen LogP contribution in [0.5, 0.6) is 5.75 Å². The normalized spacial score (nSPS) is 12.9. The maximum Gasteiger partial charge on any atom is 0.258 e. The van der Waals surface area contributed by atoms with Gasteiger partial charge >= 0.3 is 0 Å². The summed E-state index contributed by atoms with van der Waals surface area (Å²) in [5, 5.41) is 4.27. The number of nitrogens with one attached hydrogen (secondary N) is 1. The first-order valence-corrected chi connectivity index (χ1v) is 11.2. The van der Waals surface area contributed by atoms with Gasteiger partial charge in [0.2, 0.25) is 0 Å². The Morgan fingerprint density at radius 3 is 2.76 bits per heavy atom. The molecule has 2 aromatic heterocycles. The molecule has 1 amide bonds. The third-order valence-corrected chi connectivity index (χ3v) is 6.12. The van der Waals surface area contributed by atoms with Gasteiger partial charge in [-0.25, -0.2) is 4.98 Å². The Balaban J connectivity index is 1.15. The SMILES string of the molecule is O=C(COc1ccc(Cl)c2cccnc12)NCc1ccc(N2CCc3ccccc3C2)nc1. The lowest BCUT2D eigenvalue weighted by atomic mass is 10.00. The van der Waals surface area contributed by atoms with Crippen molar-refractivity contribution in [3.05, 3.63) is 94.8 Å². The summed E-state index contributed by atoms with van der Waals surface area (Å²) in [6.45, 7) is 2.10. The van der Waals surface area contributed by atoms with E-state index in [9.17, 15) is 4.79 Å². The van der Waals surface area contributed by atoms with Crippen LogP contribution in [0, 0.1) is 0 Å². The van der Waals surface area contributed by atoms with E-state index in [2.05, 4.69) is 44.5 Å². The average Bonchev–Trinajstić information content (AvgIpc) is 2.87. The van der Waals surface area contributed by atoms with E-state index < -0.39 is 0 Å². The highest BCUT2D eigenvalue weighted by atomic mass is 35.5. The molecular formula is C26H23ClN4O2. The number of fused-ring (bicyclic) bond motifs is 2. The first-order chi connectivity index (χ1) is 16.2. The molecule has 166 valence electrons. The van der Waals surface area contributed by atoms with Crippen LogP contribution in [-0.4, -0.2) is 29.0 Å². The van der Waals surface area contributed by atoms with E-state index in [1.807, 2.05) is 30.5 Å². The third kappa shape index (κ3) is 4.76. The van der Waals surface area contributed by atoms with Gasteiger partial charge in [0.05, 0.1) is 5.02 Å². The molecule has 0 unspecified atom stereocenters. The van der Waals surface area contributed by atoms with Gasteiger partial charge in [-0.1, -0.05) is 41.9 Å². The van der Waals surface area contributed by atoms with Gasteiger partial charge in [0, 0.05) is 37.4 Å². The standard InChI is InChI=1S/C26H23ClN4O2/c27-22-8-9-23(26-21(22)6-3-12-28-26)33-17-25(32)30-15-18-7-10-24(29-14-18)31-13-11-19-4-1-2-5-20(19)16-31/h1-10,12,14H,11,13,15-17H2,(H,30,32). The maximum atomic E-state index is 12.3. The van der Waals surface area contributed by atoms with Crippen LogP contribution in [0.1, 0.15) is 16.7 Å². The first kappa shape index (κ1) is 21.2. The number of ether oxygens (including phenoxy) is 1. The van der Waals surface area contributed by atoms with E-state index >= 15 is 0 Å². The molecule has 2 aromatic carbocycles. The molecule has 0 atom stereocenters. The molecule has 7 heteroatoms. The third-order valence-electron chi connectivity index (χ3n) is 5.79. The molecule has 0 saturated heterocycles. The van der Waals surface area contributed by atoms with Gasteiger partial charge in [-0.3, -0.25) is 9.78 Å². The van der Waals surface area contributed by atoms with Gasteiger partial charge in [-0.15, -0.1) is 0 Å². The van der Waals surface area contributed by atoms with Crippen molar-refractivity contribution in [1.82, 2.24) is 15.3 Å². The quantitative estimate of drug-likeness (QED) is 0.459. The van der Waals surface area contributed by atoms with Crippen LogP contribution in [0.2, 0.25) is 5.02 Å². The summed E-state index contributed by atoms with van der Waals surface area (Å²) in [5.74, 6) is 1.26. The second-order valence-corrected chi connectivity index (χ2v) is 8.38. The largest absolute Gasteiger partial charge is 0.481 e. The van der Waals surface area contributed by atoms with E-state index in [0.29, 0.717) is 22.8 Å². The Labute approximate surface area is 197 Å². The molecule has 0 bridgehead atoms. The molecule has 0 fully saturated rings. The summed E-state index contributed by atoms with van der Waals surface area (Å²) in [6.07, 6.45) is 4.51. The smallest absolute Gasteiger partial charge is 0.258 e. The number of amides is 1. The lowest BCUT2D eigenvalue weighted by molar-refractivity contribution is -0.123. The number of hydrogen-bond donors (Lipinski definition) is 1. The fourth-order valence-corrected chi connectivity index (χ4v) is 4.24. The van der Waals surface area contributed by atoms with Gasteiger partial charge in [0.15, 0.2) is 6.61 Å². The maximum absolute atomic E-state index is 12.3. The summed E-state index contributed by atoms with van der Waals surface area (Å²) < 4.78 is 5.70. The van der Waals surface area contributed by atoms with E-state index in [1.54, 1.807) is 18.3 Å². The average molecular weight is 459 g/mol. The number of hydrogen-bond acceptors (Lipinski definition) is 5.